The molecule has 0 unspecified atom stereocenters. The Balaban J connectivity index is 2.14. The summed E-state index contributed by atoms with van der Waals surface area (Å²) in [5, 5.41) is 12.0. The van der Waals surface area contributed by atoms with E-state index in [0.717, 1.165) is 5.56 Å². The molecule has 0 bridgehead atoms. The van der Waals surface area contributed by atoms with Crippen LogP contribution in [-0.4, -0.2) is 43.6 Å². The SMILES string of the molecule is O=C(O)c1ccccc1CCNCCCOCC(F)(F)F. The van der Waals surface area contributed by atoms with E-state index in [0.29, 0.717) is 25.9 Å². The molecule has 0 aromatic heterocycles. The number of rotatable bonds is 9. The van der Waals surface area contributed by atoms with Crippen molar-refractivity contribution in [3.63, 3.8) is 0 Å². The summed E-state index contributed by atoms with van der Waals surface area (Å²) in [6, 6.07) is 6.73. The van der Waals surface area contributed by atoms with Gasteiger partial charge in [-0.1, -0.05) is 18.2 Å². The Kier molecular flexibility index (Phi) is 7.18. The van der Waals surface area contributed by atoms with Crippen LogP contribution < -0.4 is 5.32 Å². The third-order valence-corrected chi connectivity index (χ3v) is 2.73. The normalized spacial score (nSPS) is 11.6. The number of ether oxygens (including phenoxy) is 1. The number of aromatic carboxylic acids is 1. The van der Waals surface area contributed by atoms with E-state index in [1.165, 1.54) is 0 Å². The molecule has 2 N–H and O–H groups in total. The fourth-order valence-corrected chi connectivity index (χ4v) is 1.78. The van der Waals surface area contributed by atoms with Gasteiger partial charge in [0.15, 0.2) is 0 Å². The monoisotopic (exact) mass is 305 g/mol. The van der Waals surface area contributed by atoms with E-state index < -0.39 is 18.8 Å². The molecule has 0 radical (unpaired) electrons. The minimum atomic E-state index is -4.28. The number of nitrogens with one attached hydrogen (secondary N) is 1. The van der Waals surface area contributed by atoms with Crippen LogP contribution in [0.2, 0.25) is 0 Å². The molecule has 0 aliphatic rings. The highest BCUT2D eigenvalue weighted by Crippen LogP contribution is 2.14. The summed E-state index contributed by atoms with van der Waals surface area (Å²) < 4.78 is 39.8. The Bertz CT molecular complexity index is 449. The summed E-state index contributed by atoms with van der Waals surface area (Å²) in [4.78, 5) is 11.0. The molecule has 0 atom stereocenters. The van der Waals surface area contributed by atoms with Crippen LogP contribution in [0.4, 0.5) is 13.2 Å². The van der Waals surface area contributed by atoms with Crippen molar-refractivity contribution in [1.29, 1.82) is 0 Å². The molecule has 1 aromatic rings. The molecule has 0 spiro atoms. The molecule has 0 heterocycles. The van der Waals surface area contributed by atoms with Crippen LogP contribution >= 0.6 is 0 Å². The van der Waals surface area contributed by atoms with E-state index >= 15 is 0 Å². The van der Waals surface area contributed by atoms with Gasteiger partial charge in [-0.3, -0.25) is 0 Å². The second-order valence-electron chi connectivity index (χ2n) is 4.48. The van der Waals surface area contributed by atoms with Gasteiger partial charge in [-0.05, 0) is 37.6 Å². The highest BCUT2D eigenvalue weighted by molar-refractivity contribution is 5.89. The standard InChI is InChI=1S/C14H18F3NO3/c15-14(16,17)10-21-9-3-7-18-8-6-11-4-1-2-5-12(11)13(19)20/h1-2,4-5,18H,3,6-10H2,(H,19,20). The van der Waals surface area contributed by atoms with Crippen LogP contribution in [-0.2, 0) is 11.2 Å². The van der Waals surface area contributed by atoms with Gasteiger partial charge in [0.2, 0.25) is 0 Å². The van der Waals surface area contributed by atoms with Crippen molar-refractivity contribution >= 4 is 5.97 Å². The number of carbonyl (C=O) groups is 1. The Morgan fingerprint density at radius 3 is 2.62 bits per heavy atom. The number of hydrogen-bond donors (Lipinski definition) is 2. The minimum Gasteiger partial charge on any atom is -0.478 e. The van der Waals surface area contributed by atoms with Gasteiger partial charge in [0.1, 0.15) is 6.61 Å². The van der Waals surface area contributed by atoms with Crippen molar-refractivity contribution in [2.45, 2.75) is 19.0 Å². The highest BCUT2D eigenvalue weighted by Gasteiger charge is 2.27. The lowest BCUT2D eigenvalue weighted by Gasteiger charge is -2.09. The molecule has 0 aliphatic heterocycles. The average molecular weight is 305 g/mol. The molecule has 0 fully saturated rings. The molecule has 7 heteroatoms. The number of carboxylic acids is 1. The van der Waals surface area contributed by atoms with Crippen molar-refractivity contribution in [3.05, 3.63) is 35.4 Å². The van der Waals surface area contributed by atoms with Gasteiger partial charge in [-0.25, -0.2) is 4.79 Å². The smallest absolute Gasteiger partial charge is 0.411 e. The van der Waals surface area contributed by atoms with E-state index in [2.05, 4.69) is 10.1 Å². The molecule has 0 saturated heterocycles. The van der Waals surface area contributed by atoms with E-state index in [-0.39, 0.29) is 12.2 Å². The number of carboxylic acid groups (broad SMARTS) is 1. The largest absolute Gasteiger partial charge is 0.478 e. The Morgan fingerprint density at radius 2 is 1.95 bits per heavy atom. The van der Waals surface area contributed by atoms with E-state index in [9.17, 15) is 18.0 Å². The Hall–Kier alpha value is -1.60. The zero-order valence-electron chi connectivity index (χ0n) is 11.4. The Morgan fingerprint density at radius 1 is 1.24 bits per heavy atom. The fraction of sp³-hybridized carbons (Fsp3) is 0.500. The fourth-order valence-electron chi connectivity index (χ4n) is 1.78. The van der Waals surface area contributed by atoms with Crippen LogP contribution in [0.25, 0.3) is 0 Å². The lowest BCUT2D eigenvalue weighted by Crippen LogP contribution is -2.22. The van der Waals surface area contributed by atoms with Gasteiger partial charge in [0.05, 0.1) is 5.56 Å². The lowest BCUT2D eigenvalue weighted by atomic mass is 10.0. The molecule has 0 aliphatic carbocycles. The van der Waals surface area contributed by atoms with Gasteiger partial charge in [-0.2, -0.15) is 13.2 Å². The summed E-state index contributed by atoms with van der Waals surface area (Å²) in [6.45, 7) is -0.103. The Labute approximate surface area is 120 Å². The summed E-state index contributed by atoms with van der Waals surface area (Å²) in [5.41, 5.74) is 0.999. The van der Waals surface area contributed by atoms with Crippen LogP contribution in [0.1, 0.15) is 22.3 Å². The zero-order chi connectivity index (χ0) is 15.7. The molecule has 1 rings (SSSR count). The molecule has 1 aromatic carbocycles. The molecule has 0 saturated carbocycles. The maximum absolute atomic E-state index is 11.8. The average Bonchev–Trinajstić information content (AvgIpc) is 2.41. The van der Waals surface area contributed by atoms with Gasteiger partial charge in [0, 0.05) is 6.61 Å². The number of halogens is 3. The lowest BCUT2D eigenvalue weighted by molar-refractivity contribution is -0.173. The van der Waals surface area contributed by atoms with Gasteiger partial charge in [0.25, 0.3) is 0 Å². The summed E-state index contributed by atoms with van der Waals surface area (Å²) in [5.74, 6) is -0.967. The summed E-state index contributed by atoms with van der Waals surface area (Å²) in [6.07, 6.45) is -3.27. The van der Waals surface area contributed by atoms with Crippen molar-refractivity contribution in [2.24, 2.45) is 0 Å². The quantitative estimate of drug-likeness (QED) is 0.688. The number of alkyl halides is 3. The molecule has 21 heavy (non-hydrogen) atoms. The number of hydrogen-bond acceptors (Lipinski definition) is 3. The van der Waals surface area contributed by atoms with E-state index in [1.807, 2.05) is 0 Å². The van der Waals surface area contributed by atoms with Crippen LogP contribution in [0, 0.1) is 0 Å². The molecular formula is C14H18F3NO3. The van der Waals surface area contributed by atoms with Gasteiger partial charge in [-0.15, -0.1) is 0 Å². The molecular weight excluding hydrogens is 287 g/mol. The third kappa shape index (κ3) is 7.67. The molecule has 118 valence electrons. The first-order chi connectivity index (χ1) is 9.90. The van der Waals surface area contributed by atoms with Crippen molar-refractivity contribution in [3.8, 4) is 0 Å². The second kappa shape index (κ2) is 8.63. The maximum atomic E-state index is 11.8. The summed E-state index contributed by atoms with van der Waals surface area (Å²) >= 11 is 0. The van der Waals surface area contributed by atoms with Crippen molar-refractivity contribution in [1.82, 2.24) is 5.32 Å². The van der Waals surface area contributed by atoms with Gasteiger partial charge >= 0.3 is 12.1 Å². The maximum Gasteiger partial charge on any atom is 0.411 e. The summed E-state index contributed by atoms with van der Waals surface area (Å²) in [7, 11) is 0. The highest BCUT2D eigenvalue weighted by atomic mass is 19.4. The first-order valence-electron chi connectivity index (χ1n) is 6.56. The zero-order valence-corrected chi connectivity index (χ0v) is 11.4. The first-order valence-corrected chi connectivity index (χ1v) is 6.56. The van der Waals surface area contributed by atoms with Crippen LogP contribution in [0.15, 0.2) is 24.3 Å². The van der Waals surface area contributed by atoms with Crippen LogP contribution in [0.3, 0.4) is 0 Å². The van der Waals surface area contributed by atoms with Crippen molar-refractivity contribution in [2.75, 3.05) is 26.3 Å². The van der Waals surface area contributed by atoms with Crippen LogP contribution in [0.5, 0.6) is 0 Å². The number of benzene rings is 1. The van der Waals surface area contributed by atoms with E-state index in [4.69, 9.17) is 5.11 Å². The minimum absolute atomic E-state index is 0.0399. The predicted octanol–water partition coefficient (Wildman–Crippen LogP) is 2.49. The first kappa shape index (κ1) is 17.5. The second-order valence-corrected chi connectivity index (χ2v) is 4.48. The molecule has 0 amide bonds. The third-order valence-electron chi connectivity index (χ3n) is 2.73. The van der Waals surface area contributed by atoms with E-state index in [1.54, 1.807) is 24.3 Å². The topological polar surface area (TPSA) is 58.6 Å². The predicted molar refractivity (Wildman–Crippen MR) is 71.5 cm³/mol. The molecule has 4 nitrogen and oxygen atoms in total. The van der Waals surface area contributed by atoms with Crippen molar-refractivity contribution < 1.29 is 27.8 Å². The van der Waals surface area contributed by atoms with Gasteiger partial charge < -0.3 is 15.2 Å².